The second-order valence-electron chi connectivity index (χ2n) is 15.9. The number of carbonyl (C=O) groups excluding carboxylic acids is 1. The summed E-state index contributed by atoms with van der Waals surface area (Å²) < 4.78 is 52.6. The lowest BCUT2D eigenvalue weighted by Crippen LogP contribution is -2.70. The molecule has 1 saturated heterocycles. The van der Waals surface area contributed by atoms with E-state index in [0.29, 0.717) is 48.6 Å². The Labute approximate surface area is 363 Å². The van der Waals surface area contributed by atoms with Crippen LogP contribution in [0.15, 0.2) is 71.9 Å². The quantitative estimate of drug-likeness (QED) is 0.0423. The van der Waals surface area contributed by atoms with E-state index in [1.807, 2.05) is 12.1 Å². The van der Waals surface area contributed by atoms with Gasteiger partial charge in [0.2, 0.25) is 12.1 Å². The third-order valence-corrected chi connectivity index (χ3v) is 12.2. The zero-order valence-electron chi connectivity index (χ0n) is 35.0. The number of hydrogen-bond donors (Lipinski definition) is 3. The van der Waals surface area contributed by atoms with Crippen molar-refractivity contribution in [3.63, 3.8) is 0 Å². The summed E-state index contributed by atoms with van der Waals surface area (Å²) in [6.45, 7) is 4.75. The standard InChI is InChI=1S/C46H62ClFN2O11/c1-2-23-59-46-41(50(19-26-55-27-22-53)45(54)57-25-18-47)30-39(49-61-42-15-7-10-24-56-42)36-28-32(11-5-8-20-51)35(13-6-9-21-52)43(44(36)46)37-29-34(16-17-40(37)60-46)58-31-33-12-3-4-14-38(33)48/h2-4,12,14,16-17,28-29,32,35,41-44,51-53H,1,5-11,13,15,18-27,30-31H2. The van der Waals surface area contributed by atoms with E-state index in [2.05, 4.69) is 12.7 Å². The number of allylic oxidation sites excluding steroid dienone is 1. The van der Waals surface area contributed by atoms with Gasteiger partial charge in [0.15, 0.2) is 0 Å². The van der Waals surface area contributed by atoms with E-state index in [-0.39, 0.29) is 95.3 Å². The summed E-state index contributed by atoms with van der Waals surface area (Å²) >= 11 is 6.03. The van der Waals surface area contributed by atoms with Crippen molar-refractivity contribution in [2.24, 2.45) is 22.9 Å². The number of benzene rings is 2. The van der Waals surface area contributed by atoms with E-state index >= 15 is 0 Å². The molecule has 2 aliphatic carbocycles. The maximum Gasteiger partial charge on any atom is 0.410 e. The highest BCUT2D eigenvalue weighted by molar-refractivity contribution is 6.18. The number of hydrogen-bond acceptors (Lipinski definition) is 12. The van der Waals surface area contributed by atoms with Gasteiger partial charge in [-0.05, 0) is 80.2 Å². The van der Waals surface area contributed by atoms with Crippen LogP contribution in [0.4, 0.5) is 9.18 Å². The van der Waals surface area contributed by atoms with Gasteiger partial charge in [-0.15, -0.1) is 18.2 Å². The molecule has 2 aromatic carbocycles. The Morgan fingerprint density at radius 2 is 1.85 bits per heavy atom. The number of rotatable bonds is 24. The summed E-state index contributed by atoms with van der Waals surface area (Å²) in [6, 6.07) is 11.2. The topological polar surface area (TPSA) is 158 Å². The minimum Gasteiger partial charge on any atom is -0.489 e. The van der Waals surface area contributed by atoms with Crippen LogP contribution in [-0.2, 0) is 30.4 Å². The molecular weight excluding hydrogens is 811 g/mol. The van der Waals surface area contributed by atoms with E-state index in [4.69, 9.17) is 50.0 Å². The zero-order chi connectivity index (χ0) is 43.0. The van der Waals surface area contributed by atoms with Crippen LogP contribution >= 0.6 is 11.6 Å². The third-order valence-electron chi connectivity index (χ3n) is 12.0. The van der Waals surface area contributed by atoms with Crippen molar-refractivity contribution in [3.05, 3.63) is 83.7 Å². The molecule has 0 radical (unpaired) electrons. The molecule has 1 amide bonds. The second kappa shape index (κ2) is 23.6. The Bertz CT molecular complexity index is 1780. The van der Waals surface area contributed by atoms with Gasteiger partial charge in [0.25, 0.3) is 0 Å². The Kier molecular flexibility index (Phi) is 18.1. The van der Waals surface area contributed by atoms with Crippen LogP contribution in [0, 0.1) is 23.6 Å². The molecule has 2 aliphatic heterocycles. The molecule has 61 heavy (non-hydrogen) atoms. The highest BCUT2D eigenvalue weighted by Crippen LogP contribution is 2.62. The Morgan fingerprint density at radius 3 is 2.59 bits per heavy atom. The first-order chi connectivity index (χ1) is 29.9. The number of oxime groups is 1. The predicted molar refractivity (Wildman–Crippen MR) is 227 cm³/mol. The van der Waals surface area contributed by atoms with Crippen LogP contribution in [-0.4, -0.2) is 115 Å². The van der Waals surface area contributed by atoms with Crippen LogP contribution in [0.5, 0.6) is 11.5 Å². The smallest absolute Gasteiger partial charge is 0.410 e. The Hall–Kier alpha value is -3.76. The van der Waals surface area contributed by atoms with Crippen molar-refractivity contribution in [1.82, 2.24) is 4.90 Å². The molecule has 4 aliphatic rings. The molecule has 0 bridgehead atoms. The van der Waals surface area contributed by atoms with E-state index in [1.54, 1.807) is 35.2 Å². The van der Waals surface area contributed by atoms with Crippen LogP contribution in [0.3, 0.4) is 0 Å². The molecule has 13 nitrogen and oxygen atoms in total. The first-order valence-electron chi connectivity index (χ1n) is 21.8. The minimum atomic E-state index is -1.53. The highest BCUT2D eigenvalue weighted by Gasteiger charge is 2.65. The number of halogens is 2. The van der Waals surface area contributed by atoms with Crippen molar-refractivity contribution in [3.8, 4) is 11.5 Å². The van der Waals surface area contributed by atoms with Crippen LogP contribution < -0.4 is 9.47 Å². The van der Waals surface area contributed by atoms with E-state index in [0.717, 1.165) is 49.7 Å². The van der Waals surface area contributed by atoms with Crippen LogP contribution in [0.25, 0.3) is 0 Å². The lowest BCUT2D eigenvalue weighted by molar-refractivity contribution is -0.256. The second-order valence-corrected chi connectivity index (χ2v) is 16.3. The van der Waals surface area contributed by atoms with Gasteiger partial charge in [-0.2, -0.15) is 0 Å². The normalized spacial score (nSPS) is 26.0. The number of alkyl halides is 1. The fourth-order valence-corrected chi connectivity index (χ4v) is 9.42. The molecule has 3 N–H and O–H groups in total. The largest absolute Gasteiger partial charge is 0.489 e. The molecule has 15 heteroatoms. The van der Waals surface area contributed by atoms with Gasteiger partial charge in [-0.25, -0.2) is 9.18 Å². The van der Waals surface area contributed by atoms with E-state index in [1.165, 1.54) is 6.07 Å². The van der Waals surface area contributed by atoms with Gasteiger partial charge in [0.1, 0.15) is 36.6 Å². The van der Waals surface area contributed by atoms with Crippen molar-refractivity contribution < 1.29 is 57.8 Å². The summed E-state index contributed by atoms with van der Waals surface area (Å²) in [7, 11) is 0. The van der Waals surface area contributed by atoms with Gasteiger partial charge in [-0.3, -0.25) is 4.90 Å². The first kappa shape index (κ1) is 46.7. The number of unbranched alkanes of at least 4 members (excludes halogenated alkanes) is 2. The summed E-state index contributed by atoms with van der Waals surface area (Å²) in [5, 5.41) is 34.2. The maximum atomic E-state index is 14.7. The molecule has 2 fully saturated rings. The lowest BCUT2D eigenvalue weighted by Gasteiger charge is -2.59. The van der Waals surface area contributed by atoms with E-state index < -0.39 is 30.1 Å². The molecule has 2 heterocycles. The van der Waals surface area contributed by atoms with Crippen molar-refractivity contribution in [2.45, 2.75) is 94.9 Å². The zero-order valence-corrected chi connectivity index (χ0v) is 35.7. The molecule has 0 spiro atoms. The van der Waals surface area contributed by atoms with Gasteiger partial charge in [0, 0.05) is 49.6 Å². The molecule has 6 rings (SSSR count). The number of aliphatic hydroxyl groups excluding tert-OH is 3. The van der Waals surface area contributed by atoms with Gasteiger partial charge < -0.3 is 48.6 Å². The van der Waals surface area contributed by atoms with Gasteiger partial charge in [-0.1, -0.05) is 48.3 Å². The SMILES string of the molecule is C=CCOC12Oc3ccc(OCc4ccccc4F)cc3C3C(CCCCO)C(CCCCO)C=C(C(=NOC4CCCCO4)CC1N(CCOCCO)C(=O)OCCCl)C32. The molecule has 7 unspecified atom stereocenters. The lowest BCUT2D eigenvalue weighted by atomic mass is 9.55. The summed E-state index contributed by atoms with van der Waals surface area (Å²) in [5.74, 6) is -1.65. The average Bonchev–Trinajstić information content (AvgIpc) is 3.28. The molecular formula is C46H62ClFN2O11. The van der Waals surface area contributed by atoms with Crippen LogP contribution in [0.1, 0.15) is 81.3 Å². The van der Waals surface area contributed by atoms with Crippen molar-refractivity contribution in [1.29, 1.82) is 0 Å². The number of nitrogens with zero attached hydrogens (tertiary/aromatic N) is 2. The van der Waals surface area contributed by atoms with Gasteiger partial charge >= 0.3 is 6.09 Å². The summed E-state index contributed by atoms with van der Waals surface area (Å²) in [4.78, 5) is 22.0. The molecule has 2 aromatic rings. The van der Waals surface area contributed by atoms with Crippen LogP contribution in [0.2, 0.25) is 0 Å². The van der Waals surface area contributed by atoms with Gasteiger partial charge in [0.05, 0.1) is 50.5 Å². The number of fused-ring (bicyclic) bond motifs is 2. The van der Waals surface area contributed by atoms with Crippen molar-refractivity contribution in [2.75, 3.05) is 65.3 Å². The Balaban J connectivity index is 1.55. The first-order valence-corrected chi connectivity index (χ1v) is 22.3. The fourth-order valence-electron chi connectivity index (χ4n) is 9.34. The molecule has 1 saturated carbocycles. The number of amides is 1. The summed E-state index contributed by atoms with van der Waals surface area (Å²) in [6.07, 6.45) is 9.72. The highest BCUT2D eigenvalue weighted by atomic mass is 35.5. The Morgan fingerprint density at radius 1 is 1.03 bits per heavy atom. The predicted octanol–water partition coefficient (Wildman–Crippen LogP) is 7.25. The molecule has 336 valence electrons. The monoisotopic (exact) mass is 872 g/mol. The molecule has 7 atom stereocenters. The summed E-state index contributed by atoms with van der Waals surface area (Å²) in [5.41, 5.74) is 2.75. The van der Waals surface area contributed by atoms with Crippen molar-refractivity contribution >= 4 is 23.4 Å². The third kappa shape index (κ3) is 11.4. The van der Waals surface area contributed by atoms with E-state index in [9.17, 15) is 24.5 Å². The minimum absolute atomic E-state index is 0.0110. The maximum absolute atomic E-state index is 14.7. The average molecular weight is 873 g/mol. The fraction of sp³-hybridized carbons (Fsp3) is 0.609. The number of ether oxygens (including phenoxy) is 6. The number of aliphatic hydroxyl groups is 3. The number of carbonyl (C=O) groups is 1. The molecule has 0 aromatic heterocycles.